The Morgan fingerprint density at radius 2 is 2.04 bits per heavy atom. The van der Waals surface area contributed by atoms with E-state index in [1.54, 1.807) is 0 Å². The van der Waals surface area contributed by atoms with Gasteiger partial charge in [0, 0.05) is 0 Å². The van der Waals surface area contributed by atoms with Crippen LogP contribution >= 0.6 is 0 Å². The Morgan fingerprint density at radius 1 is 1.32 bits per heavy atom. The molecule has 0 spiro atoms. The Morgan fingerprint density at radius 3 is 2.68 bits per heavy atom. The third kappa shape index (κ3) is 3.62. The van der Waals surface area contributed by atoms with E-state index in [2.05, 4.69) is 26.8 Å². The molecule has 5 atom stereocenters. The first-order chi connectivity index (χ1) is 11.6. The smallest absolute Gasteiger partial charge is 0.312 e. The maximum Gasteiger partial charge on any atom is 0.312 e. The predicted octanol–water partition coefficient (Wildman–Crippen LogP) is 3.62. The second-order valence-electron chi connectivity index (χ2n) is 8.99. The number of methoxy groups -OCH3 is 1. The average Bonchev–Trinajstić information content (AvgIpc) is 2.94. The zero-order valence-corrected chi connectivity index (χ0v) is 16.0. The summed E-state index contributed by atoms with van der Waals surface area (Å²) in [5, 5.41) is 0. The van der Waals surface area contributed by atoms with E-state index in [0.29, 0.717) is 5.41 Å². The van der Waals surface area contributed by atoms with E-state index < -0.39 is 12.2 Å². The van der Waals surface area contributed by atoms with Crippen molar-refractivity contribution in [1.82, 2.24) is 0 Å². The highest BCUT2D eigenvalue weighted by Gasteiger charge is 2.54. The largest absolute Gasteiger partial charge is 0.469 e. The minimum Gasteiger partial charge on any atom is -0.469 e. The van der Waals surface area contributed by atoms with E-state index in [-0.39, 0.29) is 35.8 Å². The monoisotopic (exact) mass is 350 g/mol. The van der Waals surface area contributed by atoms with Crippen molar-refractivity contribution in [2.75, 3.05) is 7.11 Å². The summed E-state index contributed by atoms with van der Waals surface area (Å²) in [6.45, 7) is 8.95. The Kier molecular flexibility index (Phi) is 4.73. The van der Waals surface area contributed by atoms with E-state index in [1.165, 1.54) is 20.0 Å². The van der Waals surface area contributed by atoms with Crippen LogP contribution in [-0.4, -0.2) is 31.4 Å². The van der Waals surface area contributed by atoms with Crippen LogP contribution in [0.5, 0.6) is 0 Å². The van der Waals surface area contributed by atoms with Gasteiger partial charge in [-0.1, -0.05) is 33.3 Å². The number of ether oxygens (including phenoxy) is 3. The molecule has 3 fully saturated rings. The van der Waals surface area contributed by atoms with Gasteiger partial charge in [-0.2, -0.15) is 0 Å². The quantitative estimate of drug-likeness (QED) is 0.575. The Labute approximate surface area is 150 Å². The van der Waals surface area contributed by atoms with Crippen LogP contribution in [0.25, 0.3) is 0 Å². The van der Waals surface area contributed by atoms with E-state index in [1.807, 2.05) is 6.92 Å². The summed E-state index contributed by atoms with van der Waals surface area (Å²) in [5.74, 6) is -1.42. The van der Waals surface area contributed by atoms with Crippen LogP contribution in [0.1, 0.15) is 59.8 Å². The molecule has 140 valence electrons. The fraction of sp³-hybridized carbons (Fsp3) is 0.800. The molecular weight excluding hydrogens is 320 g/mol. The van der Waals surface area contributed by atoms with Gasteiger partial charge in [0.15, 0.2) is 0 Å². The van der Waals surface area contributed by atoms with Gasteiger partial charge in [0.05, 0.1) is 31.5 Å². The van der Waals surface area contributed by atoms with Crippen LogP contribution in [0.4, 0.5) is 0 Å². The zero-order valence-electron chi connectivity index (χ0n) is 16.0. The molecule has 5 heteroatoms. The van der Waals surface area contributed by atoms with Gasteiger partial charge in [-0.25, -0.2) is 0 Å². The highest BCUT2D eigenvalue weighted by atomic mass is 16.7. The minimum absolute atomic E-state index is 0.0477. The van der Waals surface area contributed by atoms with E-state index in [4.69, 9.17) is 14.2 Å². The van der Waals surface area contributed by atoms with Crippen molar-refractivity contribution in [3.05, 3.63) is 11.6 Å². The van der Waals surface area contributed by atoms with Crippen molar-refractivity contribution in [3.63, 3.8) is 0 Å². The highest BCUT2D eigenvalue weighted by molar-refractivity contribution is 5.82. The third-order valence-corrected chi connectivity index (χ3v) is 6.07. The van der Waals surface area contributed by atoms with E-state index in [0.717, 1.165) is 18.4 Å². The Balaban J connectivity index is 1.89. The van der Waals surface area contributed by atoms with Gasteiger partial charge in [-0.3, -0.25) is 9.59 Å². The maximum absolute atomic E-state index is 12.2. The van der Waals surface area contributed by atoms with Crippen molar-refractivity contribution in [2.24, 2.45) is 22.7 Å². The van der Waals surface area contributed by atoms with Crippen LogP contribution in [0.2, 0.25) is 0 Å². The van der Waals surface area contributed by atoms with Crippen molar-refractivity contribution < 1.29 is 23.8 Å². The Hall–Kier alpha value is -1.36. The SMILES string of the molecule is COC(=O)C[C@H]1C(=O)O[C@@H]2O[C@H](C)/C(=C\[C@@]3(C)CCCC(C)(C)C3)[C@H]21. The number of rotatable bonds is 3. The molecule has 0 aromatic carbocycles. The minimum atomic E-state index is -0.566. The molecule has 2 saturated heterocycles. The molecule has 1 saturated carbocycles. The standard InChI is InChI=1S/C20H30O5/c1-12-14(10-20(4)8-6-7-19(2,3)11-20)16-13(9-15(21)23-5)17(22)25-18(16)24-12/h10,12-13,16,18H,6-9,11H2,1-5H3/b14-10+/t12-,13-,16-,18+,20-/m1/s1. The summed E-state index contributed by atoms with van der Waals surface area (Å²) in [5.41, 5.74) is 1.52. The summed E-state index contributed by atoms with van der Waals surface area (Å²) in [6, 6.07) is 0. The summed E-state index contributed by atoms with van der Waals surface area (Å²) in [6.07, 6.45) is 6.42. The molecule has 0 amide bonds. The molecule has 2 aliphatic heterocycles. The van der Waals surface area contributed by atoms with Crippen LogP contribution in [0.3, 0.4) is 0 Å². The first-order valence-corrected chi connectivity index (χ1v) is 9.30. The molecule has 25 heavy (non-hydrogen) atoms. The van der Waals surface area contributed by atoms with Crippen molar-refractivity contribution >= 4 is 11.9 Å². The maximum atomic E-state index is 12.2. The molecule has 1 aliphatic carbocycles. The molecule has 0 aromatic heterocycles. The van der Waals surface area contributed by atoms with E-state index in [9.17, 15) is 9.59 Å². The number of esters is 2. The van der Waals surface area contributed by atoms with Gasteiger partial charge >= 0.3 is 11.9 Å². The summed E-state index contributed by atoms with van der Waals surface area (Å²) in [7, 11) is 1.34. The molecular formula is C20H30O5. The number of hydrogen-bond donors (Lipinski definition) is 0. The number of hydrogen-bond acceptors (Lipinski definition) is 5. The first-order valence-electron chi connectivity index (χ1n) is 9.30. The summed E-state index contributed by atoms with van der Waals surface area (Å²) < 4.78 is 16.0. The molecule has 3 rings (SSSR count). The van der Waals surface area contributed by atoms with Crippen molar-refractivity contribution in [2.45, 2.75) is 72.2 Å². The molecule has 0 radical (unpaired) electrons. The molecule has 0 unspecified atom stereocenters. The second-order valence-corrected chi connectivity index (χ2v) is 8.99. The van der Waals surface area contributed by atoms with Gasteiger partial charge in [-0.15, -0.1) is 0 Å². The number of carbonyl (C=O) groups is 2. The number of carbonyl (C=O) groups excluding carboxylic acids is 2. The van der Waals surface area contributed by atoms with E-state index >= 15 is 0 Å². The molecule has 3 aliphatic rings. The van der Waals surface area contributed by atoms with Crippen LogP contribution < -0.4 is 0 Å². The fourth-order valence-electron chi connectivity index (χ4n) is 5.12. The van der Waals surface area contributed by atoms with Crippen molar-refractivity contribution in [1.29, 1.82) is 0 Å². The van der Waals surface area contributed by atoms with Gasteiger partial charge in [0.2, 0.25) is 6.29 Å². The molecule has 5 nitrogen and oxygen atoms in total. The average molecular weight is 350 g/mol. The molecule has 2 heterocycles. The lowest BCUT2D eigenvalue weighted by Crippen LogP contribution is -2.31. The topological polar surface area (TPSA) is 61.8 Å². The van der Waals surface area contributed by atoms with Gasteiger partial charge in [0.1, 0.15) is 0 Å². The van der Waals surface area contributed by atoms with Gasteiger partial charge in [0.25, 0.3) is 0 Å². The van der Waals surface area contributed by atoms with Gasteiger partial charge < -0.3 is 14.2 Å². The predicted molar refractivity (Wildman–Crippen MR) is 92.5 cm³/mol. The second kappa shape index (κ2) is 6.42. The molecule has 0 N–H and O–H groups in total. The Bertz CT molecular complexity index is 593. The van der Waals surface area contributed by atoms with Crippen LogP contribution in [-0.2, 0) is 23.8 Å². The lowest BCUT2D eigenvalue weighted by atomic mass is 9.63. The molecule has 0 aromatic rings. The fourth-order valence-corrected chi connectivity index (χ4v) is 5.12. The lowest BCUT2D eigenvalue weighted by molar-refractivity contribution is -0.164. The third-order valence-electron chi connectivity index (χ3n) is 6.07. The number of allylic oxidation sites excluding steroid dienone is 1. The lowest BCUT2D eigenvalue weighted by Gasteiger charge is -2.42. The first kappa shape index (κ1) is 18.4. The van der Waals surface area contributed by atoms with Crippen LogP contribution in [0.15, 0.2) is 11.6 Å². The van der Waals surface area contributed by atoms with Crippen molar-refractivity contribution in [3.8, 4) is 0 Å². The van der Waals surface area contributed by atoms with Gasteiger partial charge in [-0.05, 0) is 42.6 Å². The van der Waals surface area contributed by atoms with Crippen LogP contribution in [0, 0.1) is 22.7 Å². The highest BCUT2D eigenvalue weighted by Crippen LogP contribution is 2.51. The zero-order chi connectivity index (χ0) is 18.4. The number of fused-ring (bicyclic) bond motifs is 1. The molecule has 0 bridgehead atoms. The summed E-state index contributed by atoms with van der Waals surface area (Å²) in [4.78, 5) is 24.0. The summed E-state index contributed by atoms with van der Waals surface area (Å²) >= 11 is 0. The normalized spacial score (nSPS) is 41.5.